The highest BCUT2D eigenvalue weighted by molar-refractivity contribution is 7.14. The average molecular weight is 299 g/mol. The predicted molar refractivity (Wildman–Crippen MR) is 85.2 cm³/mol. The Balaban J connectivity index is 1.94. The van der Waals surface area contributed by atoms with Crippen LogP contribution in [0, 0.1) is 11.8 Å². The van der Waals surface area contributed by atoms with Crippen LogP contribution in [0.25, 0.3) is 0 Å². The van der Waals surface area contributed by atoms with E-state index in [1.165, 1.54) is 16.9 Å². The van der Waals surface area contributed by atoms with Gasteiger partial charge < -0.3 is 10.6 Å². The highest BCUT2D eigenvalue weighted by Gasteiger charge is 2.13. The number of hydrogen-bond donors (Lipinski definition) is 1. The molecule has 2 rings (SSSR count). The number of pyridine rings is 1. The van der Waals surface area contributed by atoms with Gasteiger partial charge in [0.2, 0.25) is 0 Å². The molecular formula is C16H17N3OS. The number of carbonyl (C=O) groups is 1. The topological polar surface area (TPSA) is 59.2 Å². The molecule has 0 saturated carbocycles. The zero-order valence-corrected chi connectivity index (χ0v) is 12.7. The first-order valence-corrected chi connectivity index (χ1v) is 7.45. The minimum atomic E-state index is 0.0230. The standard InChI is InChI=1S/C16H17N3OS/c1-19(12-8-13-6-10-18-11-7-13)16(20)15-5-4-14(21-15)3-2-9-17/h4-7,10-11H,8-9,12,17H2,1H3. The van der Waals surface area contributed by atoms with Gasteiger partial charge in [0, 0.05) is 26.0 Å². The summed E-state index contributed by atoms with van der Waals surface area (Å²) in [6, 6.07) is 7.60. The van der Waals surface area contributed by atoms with Gasteiger partial charge in [-0.3, -0.25) is 9.78 Å². The van der Waals surface area contributed by atoms with Crippen molar-refractivity contribution in [2.75, 3.05) is 20.1 Å². The summed E-state index contributed by atoms with van der Waals surface area (Å²) in [4.78, 5) is 19.6. The third-order valence-electron chi connectivity index (χ3n) is 2.96. The van der Waals surface area contributed by atoms with Gasteiger partial charge in [-0.05, 0) is 36.2 Å². The number of nitrogens with zero attached hydrogens (tertiary/aromatic N) is 2. The number of thiophene rings is 1. The van der Waals surface area contributed by atoms with E-state index in [0.717, 1.165) is 11.3 Å². The van der Waals surface area contributed by atoms with E-state index in [0.29, 0.717) is 18.0 Å². The van der Waals surface area contributed by atoms with Crippen LogP contribution in [0.4, 0.5) is 0 Å². The summed E-state index contributed by atoms with van der Waals surface area (Å²) in [5.74, 6) is 5.76. The Morgan fingerprint density at radius 3 is 2.81 bits per heavy atom. The molecule has 0 aliphatic heterocycles. The number of hydrogen-bond acceptors (Lipinski definition) is 4. The summed E-state index contributed by atoms with van der Waals surface area (Å²) in [6.45, 7) is 0.998. The van der Waals surface area contributed by atoms with Crippen LogP contribution >= 0.6 is 11.3 Å². The van der Waals surface area contributed by atoms with Gasteiger partial charge in [0.1, 0.15) is 0 Å². The van der Waals surface area contributed by atoms with Crippen molar-refractivity contribution < 1.29 is 4.79 Å². The Hall–Kier alpha value is -2.16. The Kier molecular flexibility index (Phi) is 5.50. The zero-order valence-electron chi connectivity index (χ0n) is 11.9. The SMILES string of the molecule is CN(CCc1ccncc1)C(=O)c1ccc(C#CCN)s1. The lowest BCUT2D eigenvalue weighted by atomic mass is 10.2. The van der Waals surface area contributed by atoms with Crippen molar-refractivity contribution in [2.45, 2.75) is 6.42 Å². The van der Waals surface area contributed by atoms with E-state index in [1.807, 2.05) is 31.3 Å². The van der Waals surface area contributed by atoms with Crippen LogP contribution in [-0.4, -0.2) is 35.9 Å². The smallest absolute Gasteiger partial charge is 0.263 e. The van der Waals surface area contributed by atoms with E-state index in [2.05, 4.69) is 16.8 Å². The van der Waals surface area contributed by atoms with E-state index in [-0.39, 0.29) is 5.91 Å². The van der Waals surface area contributed by atoms with Crippen LogP contribution in [0.1, 0.15) is 20.1 Å². The number of aromatic nitrogens is 1. The Morgan fingerprint density at radius 2 is 2.10 bits per heavy atom. The molecule has 2 N–H and O–H groups in total. The minimum Gasteiger partial charge on any atom is -0.341 e. The molecule has 2 heterocycles. The fourth-order valence-electron chi connectivity index (χ4n) is 1.79. The minimum absolute atomic E-state index is 0.0230. The zero-order chi connectivity index (χ0) is 15.1. The summed E-state index contributed by atoms with van der Waals surface area (Å²) < 4.78 is 0. The molecule has 0 aromatic carbocycles. The molecule has 2 aromatic heterocycles. The fourth-order valence-corrected chi connectivity index (χ4v) is 2.67. The molecule has 0 unspecified atom stereocenters. The molecule has 1 amide bonds. The molecule has 0 fully saturated rings. The lowest BCUT2D eigenvalue weighted by molar-refractivity contribution is 0.0801. The molecular weight excluding hydrogens is 282 g/mol. The lowest BCUT2D eigenvalue weighted by Gasteiger charge is -2.16. The summed E-state index contributed by atoms with van der Waals surface area (Å²) in [5.41, 5.74) is 6.51. The first kappa shape index (κ1) is 15.2. The summed E-state index contributed by atoms with van der Waals surface area (Å²) in [6.07, 6.45) is 4.34. The molecule has 2 aromatic rings. The van der Waals surface area contributed by atoms with Crippen LogP contribution in [0.3, 0.4) is 0 Å². The monoisotopic (exact) mass is 299 g/mol. The van der Waals surface area contributed by atoms with Crippen LogP contribution in [0.15, 0.2) is 36.7 Å². The second-order valence-electron chi connectivity index (χ2n) is 4.50. The first-order chi connectivity index (χ1) is 10.2. The maximum Gasteiger partial charge on any atom is 0.263 e. The van der Waals surface area contributed by atoms with E-state index in [4.69, 9.17) is 5.73 Å². The van der Waals surface area contributed by atoms with Crippen molar-refractivity contribution in [3.8, 4) is 11.8 Å². The molecule has 0 spiro atoms. The number of carbonyl (C=O) groups excluding carboxylic acids is 1. The van der Waals surface area contributed by atoms with Crippen LogP contribution < -0.4 is 5.73 Å². The molecule has 0 aliphatic carbocycles. The fraction of sp³-hybridized carbons (Fsp3) is 0.250. The van der Waals surface area contributed by atoms with Crippen molar-refractivity contribution >= 4 is 17.2 Å². The number of likely N-dealkylation sites (N-methyl/N-ethyl adjacent to an activating group) is 1. The molecule has 21 heavy (non-hydrogen) atoms. The van der Waals surface area contributed by atoms with Crippen molar-refractivity contribution in [2.24, 2.45) is 5.73 Å². The quantitative estimate of drug-likeness (QED) is 0.875. The van der Waals surface area contributed by atoms with E-state index in [1.54, 1.807) is 17.3 Å². The van der Waals surface area contributed by atoms with Gasteiger partial charge in [0.25, 0.3) is 5.91 Å². The predicted octanol–water partition coefficient (Wildman–Crippen LogP) is 1.77. The number of rotatable bonds is 4. The Morgan fingerprint density at radius 1 is 1.33 bits per heavy atom. The average Bonchev–Trinajstić information content (AvgIpc) is 2.99. The van der Waals surface area contributed by atoms with E-state index < -0.39 is 0 Å². The highest BCUT2D eigenvalue weighted by atomic mass is 32.1. The molecule has 5 heteroatoms. The van der Waals surface area contributed by atoms with Crippen LogP contribution in [0.2, 0.25) is 0 Å². The maximum atomic E-state index is 12.3. The largest absolute Gasteiger partial charge is 0.341 e. The van der Waals surface area contributed by atoms with Gasteiger partial charge in [-0.2, -0.15) is 0 Å². The van der Waals surface area contributed by atoms with Crippen molar-refractivity contribution in [1.82, 2.24) is 9.88 Å². The highest BCUT2D eigenvalue weighted by Crippen LogP contribution is 2.17. The van der Waals surface area contributed by atoms with Gasteiger partial charge in [-0.1, -0.05) is 11.8 Å². The molecule has 0 radical (unpaired) electrons. The molecule has 0 bridgehead atoms. The maximum absolute atomic E-state index is 12.3. The van der Waals surface area contributed by atoms with Crippen molar-refractivity contribution in [3.05, 3.63) is 52.0 Å². The second kappa shape index (κ2) is 7.58. The molecule has 0 atom stereocenters. The third-order valence-corrected chi connectivity index (χ3v) is 3.95. The number of amides is 1. The van der Waals surface area contributed by atoms with Gasteiger partial charge in [0.15, 0.2) is 0 Å². The van der Waals surface area contributed by atoms with Crippen LogP contribution in [0.5, 0.6) is 0 Å². The van der Waals surface area contributed by atoms with Gasteiger partial charge in [0.05, 0.1) is 16.3 Å². The van der Waals surface area contributed by atoms with Gasteiger partial charge >= 0.3 is 0 Å². The van der Waals surface area contributed by atoms with Gasteiger partial charge in [-0.25, -0.2) is 0 Å². The molecule has 108 valence electrons. The van der Waals surface area contributed by atoms with Crippen molar-refractivity contribution in [3.63, 3.8) is 0 Å². The van der Waals surface area contributed by atoms with E-state index in [9.17, 15) is 4.79 Å². The third kappa shape index (κ3) is 4.42. The summed E-state index contributed by atoms with van der Waals surface area (Å²) in [5, 5.41) is 0. The first-order valence-electron chi connectivity index (χ1n) is 6.64. The summed E-state index contributed by atoms with van der Waals surface area (Å²) >= 11 is 1.40. The Bertz CT molecular complexity index is 655. The molecule has 4 nitrogen and oxygen atoms in total. The molecule has 0 saturated heterocycles. The molecule has 0 aliphatic rings. The lowest BCUT2D eigenvalue weighted by Crippen LogP contribution is -2.28. The van der Waals surface area contributed by atoms with Crippen LogP contribution in [-0.2, 0) is 6.42 Å². The van der Waals surface area contributed by atoms with Crippen molar-refractivity contribution in [1.29, 1.82) is 0 Å². The second-order valence-corrected chi connectivity index (χ2v) is 5.59. The van der Waals surface area contributed by atoms with E-state index >= 15 is 0 Å². The van der Waals surface area contributed by atoms with Gasteiger partial charge in [-0.15, -0.1) is 11.3 Å². The summed E-state index contributed by atoms with van der Waals surface area (Å²) in [7, 11) is 1.81. The number of nitrogens with two attached hydrogens (primary N) is 1. The normalized spacial score (nSPS) is 9.81. The Labute approximate surface area is 128 Å².